The van der Waals surface area contributed by atoms with Crippen molar-refractivity contribution in [2.75, 3.05) is 19.6 Å². The number of hydrogen-bond acceptors (Lipinski definition) is 4. The van der Waals surface area contributed by atoms with Gasteiger partial charge in [0, 0.05) is 19.6 Å². The van der Waals surface area contributed by atoms with Gasteiger partial charge in [0.15, 0.2) is 0 Å². The minimum absolute atomic E-state index is 0.0422. The number of nitrogens with one attached hydrogen (secondary N) is 1. The SMILES string of the molecule is Cc1ccccc1CS(=O)(=O)N1CCC(CNC(=O)OC(C)(C)C)CC1. The smallest absolute Gasteiger partial charge is 0.407 e. The maximum Gasteiger partial charge on any atom is 0.407 e. The van der Waals surface area contributed by atoms with Gasteiger partial charge in [-0.25, -0.2) is 17.5 Å². The van der Waals surface area contributed by atoms with E-state index in [2.05, 4.69) is 5.32 Å². The van der Waals surface area contributed by atoms with E-state index in [1.807, 2.05) is 52.0 Å². The van der Waals surface area contributed by atoms with E-state index in [1.165, 1.54) is 0 Å². The highest BCUT2D eigenvalue weighted by Gasteiger charge is 2.29. The molecule has 1 aromatic carbocycles. The van der Waals surface area contributed by atoms with Crippen molar-refractivity contribution in [3.05, 3.63) is 35.4 Å². The van der Waals surface area contributed by atoms with Gasteiger partial charge in [-0.3, -0.25) is 0 Å². The van der Waals surface area contributed by atoms with E-state index >= 15 is 0 Å². The van der Waals surface area contributed by atoms with Crippen LogP contribution in [0.15, 0.2) is 24.3 Å². The molecule has 2 rings (SSSR count). The summed E-state index contributed by atoms with van der Waals surface area (Å²) in [5.74, 6) is 0.313. The lowest BCUT2D eigenvalue weighted by atomic mass is 9.98. The molecule has 1 aliphatic heterocycles. The fourth-order valence-electron chi connectivity index (χ4n) is 2.99. The lowest BCUT2D eigenvalue weighted by molar-refractivity contribution is 0.0513. The number of alkyl carbamates (subject to hydrolysis) is 1. The van der Waals surface area contributed by atoms with Gasteiger partial charge in [-0.2, -0.15) is 0 Å². The van der Waals surface area contributed by atoms with E-state index in [1.54, 1.807) is 4.31 Å². The Labute approximate surface area is 157 Å². The van der Waals surface area contributed by atoms with Gasteiger partial charge in [-0.1, -0.05) is 24.3 Å². The number of carbonyl (C=O) groups excluding carboxylic acids is 1. The van der Waals surface area contributed by atoms with Crippen LogP contribution in [-0.2, 0) is 20.5 Å². The molecular weight excluding hydrogens is 352 g/mol. The second kappa shape index (κ2) is 8.39. The molecule has 1 amide bonds. The summed E-state index contributed by atoms with van der Waals surface area (Å²) >= 11 is 0. The van der Waals surface area contributed by atoms with Crippen molar-refractivity contribution in [2.45, 2.75) is 51.9 Å². The first-order valence-corrected chi connectivity index (χ1v) is 10.7. The third-order valence-electron chi connectivity index (χ3n) is 4.50. The molecule has 0 atom stereocenters. The third kappa shape index (κ3) is 6.29. The Morgan fingerprint density at radius 3 is 2.42 bits per heavy atom. The standard InChI is InChI=1S/C19H30N2O4S/c1-15-7-5-6-8-17(15)14-26(23,24)21-11-9-16(10-12-21)13-20-18(22)25-19(2,3)4/h5-8,16H,9-14H2,1-4H3,(H,20,22). The van der Waals surface area contributed by atoms with E-state index in [9.17, 15) is 13.2 Å². The molecule has 1 aliphatic rings. The second-order valence-electron chi connectivity index (χ2n) is 7.91. The minimum atomic E-state index is -3.32. The second-order valence-corrected chi connectivity index (χ2v) is 9.88. The molecule has 0 bridgehead atoms. The maximum atomic E-state index is 12.7. The Morgan fingerprint density at radius 1 is 1.23 bits per heavy atom. The van der Waals surface area contributed by atoms with E-state index in [0.29, 0.717) is 19.6 Å². The summed E-state index contributed by atoms with van der Waals surface area (Å²) in [6.07, 6.45) is 1.05. The molecule has 0 saturated carbocycles. The molecule has 1 heterocycles. The summed E-state index contributed by atoms with van der Waals surface area (Å²) in [6.45, 7) is 8.91. The molecule has 0 spiro atoms. The summed E-state index contributed by atoms with van der Waals surface area (Å²) in [7, 11) is -3.32. The first-order chi connectivity index (χ1) is 12.1. The zero-order valence-electron chi connectivity index (χ0n) is 16.1. The highest BCUT2D eigenvalue weighted by molar-refractivity contribution is 7.88. The van der Waals surface area contributed by atoms with Gasteiger partial charge in [-0.15, -0.1) is 0 Å². The summed E-state index contributed by atoms with van der Waals surface area (Å²) in [5, 5.41) is 2.78. The fourth-order valence-corrected chi connectivity index (χ4v) is 4.66. The minimum Gasteiger partial charge on any atom is -0.444 e. The maximum absolute atomic E-state index is 12.7. The molecule has 26 heavy (non-hydrogen) atoms. The topological polar surface area (TPSA) is 75.7 Å². The van der Waals surface area contributed by atoms with Gasteiger partial charge in [0.25, 0.3) is 0 Å². The molecule has 0 radical (unpaired) electrons. The third-order valence-corrected chi connectivity index (χ3v) is 6.33. The van der Waals surface area contributed by atoms with Gasteiger partial charge < -0.3 is 10.1 Å². The molecule has 7 heteroatoms. The van der Waals surface area contributed by atoms with Crippen molar-refractivity contribution < 1.29 is 17.9 Å². The van der Waals surface area contributed by atoms with E-state index < -0.39 is 21.7 Å². The van der Waals surface area contributed by atoms with Crippen molar-refractivity contribution in [3.63, 3.8) is 0 Å². The van der Waals surface area contributed by atoms with E-state index in [-0.39, 0.29) is 11.7 Å². The Hall–Kier alpha value is -1.60. The molecule has 0 unspecified atom stereocenters. The molecule has 0 aliphatic carbocycles. The predicted octanol–water partition coefficient (Wildman–Crippen LogP) is 3.06. The molecule has 1 N–H and O–H groups in total. The molecule has 1 fully saturated rings. The number of ether oxygens (including phenoxy) is 1. The van der Waals surface area contributed by atoms with Crippen LogP contribution in [0.25, 0.3) is 0 Å². The normalized spacial score (nSPS) is 17.1. The zero-order valence-corrected chi connectivity index (χ0v) is 16.9. The van der Waals surface area contributed by atoms with Crippen LogP contribution < -0.4 is 5.32 Å². The first kappa shape index (κ1) is 20.7. The quantitative estimate of drug-likeness (QED) is 0.849. The van der Waals surface area contributed by atoms with Crippen molar-refractivity contribution in [2.24, 2.45) is 5.92 Å². The van der Waals surface area contributed by atoms with Crippen LogP contribution in [0.5, 0.6) is 0 Å². The summed E-state index contributed by atoms with van der Waals surface area (Å²) in [5.41, 5.74) is 1.32. The molecule has 1 saturated heterocycles. The largest absolute Gasteiger partial charge is 0.444 e. The van der Waals surface area contributed by atoms with Crippen molar-refractivity contribution >= 4 is 16.1 Å². The van der Waals surface area contributed by atoms with E-state index in [4.69, 9.17) is 4.74 Å². The first-order valence-electron chi connectivity index (χ1n) is 9.06. The number of carbonyl (C=O) groups is 1. The van der Waals surface area contributed by atoms with Crippen molar-refractivity contribution in [3.8, 4) is 0 Å². The molecule has 0 aromatic heterocycles. The zero-order chi connectivity index (χ0) is 19.4. The van der Waals surface area contributed by atoms with Crippen LogP contribution in [0.3, 0.4) is 0 Å². The van der Waals surface area contributed by atoms with E-state index in [0.717, 1.165) is 24.0 Å². The van der Waals surface area contributed by atoms with Crippen molar-refractivity contribution in [1.82, 2.24) is 9.62 Å². The summed E-state index contributed by atoms with van der Waals surface area (Å²) < 4.78 is 32.1. The average molecular weight is 383 g/mol. The molecule has 1 aromatic rings. The van der Waals surface area contributed by atoms with Gasteiger partial charge in [0.2, 0.25) is 10.0 Å². The van der Waals surface area contributed by atoms with Gasteiger partial charge in [-0.05, 0) is 57.6 Å². The number of benzene rings is 1. The van der Waals surface area contributed by atoms with Crippen LogP contribution >= 0.6 is 0 Å². The molecule has 146 valence electrons. The van der Waals surface area contributed by atoms with Gasteiger partial charge >= 0.3 is 6.09 Å². The number of piperidine rings is 1. The van der Waals surface area contributed by atoms with Crippen LogP contribution in [0.1, 0.15) is 44.7 Å². The Bertz CT molecular complexity index is 717. The number of rotatable bonds is 5. The highest BCUT2D eigenvalue weighted by atomic mass is 32.2. The Kier molecular flexibility index (Phi) is 6.69. The number of aryl methyl sites for hydroxylation is 1. The number of amides is 1. The number of nitrogens with zero attached hydrogens (tertiary/aromatic N) is 1. The van der Waals surface area contributed by atoms with Crippen LogP contribution in [0.2, 0.25) is 0 Å². The van der Waals surface area contributed by atoms with Crippen LogP contribution in [-0.4, -0.2) is 44.1 Å². The molecular formula is C19H30N2O4S. The monoisotopic (exact) mass is 382 g/mol. The van der Waals surface area contributed by atoms with Gasteiger partial charge in [0.1, 0.15) is 5.60 Å². The summed E-state index contributed by atoms with van der Waals surface area (Å²) in [4.78, 5) is 11.7. The lowest BCUT2D eigenvalue weighted by Crippen LogP contribution is -2.42. The fraction of sp³-hybridized carbons (Fsp3) is 0.632. The Morgan fingerprint density at radius 2 is 1.85 bits per heavy atom. The lowest BCUT2D eigenvalue weighted by Gasteiger charge is -2.31. The van der Waals surface area contributed by atoms with Crippen LogP contribution in [0, 0.1) is 12.8 Å². The summed E-state index contributed by atoms with van der Waals surface area (Å²) in [6, 6.07) is 7.57. The molecule has 6 nitrogen and oxygen atoms in total. The Balaban J connectivity index is 1.82. The number of hydrogen-bond donors (Lipinski definition) is 1. The van der Waals surface area contributed by atoms with Gasteiger partial charge in [0.05, 0.1) is 5.75 Å². The van der Waals surface area contributed by atoms with Crippen LogP contribution in [0.4, 0.5) is 4.79 Å². The average Bonchev–Trinajstić information content (AvgIpc) is 2.54. The number of sulfonamides is 1. The predicted molar refractivity (Wildman–Crippen MR) is 102 cm³/mol. The highest BCUT2D eigenvalue weighted by Crippen LogP contribution is 2.22. The van der Waals surface area contributed by atoms with Crippen molar-refractivity contribution in [1.29, 1.82) is 0 Å².